The fourth-order valence-corrected chi connectivity index (χ4v) is 5.70. The summed E-state index contributed by atoms with van der Waals surface area (Å²) >= 11 is 0. The topological polar surface area (TPSA) is 108 Å². The van der Waals surface area contributed by atoms with Crippen LogP contribution in [0.2, 0.25) is 0 Å². The maximum absolute atomic E-state index is 12.6. The third kappa shape index (κ3) is 42.3. The van der Waals surface area contributed by atoms with Gasteiger partial charge < -0.3 is 18.9 Å². The molecule has 0 aromatic rings. The van der Waals surface area contributed by atoms with Crippen LogP contribution in [-0.2, 0) is 32.7 Å². The highest BCUT2D eigenvalue weighted by Gasteiger charge is 2.27. The second kappa shape index (κ2) is 39.1. The number of phosphoric acid groups is 1. The number of quaternary nitrogens is 1. The van der Waals surface area contributed by atoms with Crippen molar-refractivity contribution in [2.24, 2.45) is 0 Å². The van der Waals surface area contributed by atoms with Gasteiger partial charge in [-0.1, -0.05) is 149 Å². The number of rotatable bonds is 37. The van der Waals surface area contributed by atoms with E-state index in [0.717, 1.165) is 89.9 Å². The van der Waals surface area contributed by atoms with Gasteiger partial charge >= 0.3 is 19.8 Å². The van der Waals surface area contributed by atoms with Gasteiger partial charge in [-0.25, -0.2) is 4.57 Å². The number of allylic oxidation sites excluding steroid dienone is 18. The largest absolute Gasteiger partial charge is 0.472 e. The number of carbonyl (C=O) groups excluding carboxylic acids is 2. The molecule has 0 aromatic carbocycles. The fraction of sp³-hybridized carbons (Fsp3) is 0.583. The Balaban J connectivity index is 4.29. The molecule has 0 bridgehead atoms. The third-order valence-corrected chi connectivity index (χ3v) is 9.30. The van der Waals surface area contributed by atoms with E-state index in [9.17, 15) is 19.0 Å². The Labute approximate surface area is 353 Å². The van der Waals surface area contributed by atoms with Crippen molar-refractivity contribution in [1.29, 1.82) is 0 Å². The van der Waals surface area contributed by atoms with Gasteiger partial charge in [-0.05, 0) is 77.0 Å². The van der Waals surface area contributed by atoms with Crippen LogP contribution in [0.4, 0.5) is 0 Å². The van der Waals surface area contributed by atoms with Crippen LogP contribution in [0.25, 0.3) is 0 Å². The maximum atomic E-state index is 12.6. The summed E-state index contributed by atoms with van der Waals surface area (Å²) in [6, 6.07) is 0. The number of likely N-dealkylation sites (N-methyl/N-ethyl adjacent to an activating group) is 1. The number of carbonyl (C=O) groups is 2. The molecule has 0 aliphatic carbocycles. The van der Waals surface area contributed by atoms with E-state index in [2.05, 4.69) is 117 Å². The van der Waals surface area contributed by atoms with Gasteiger partial charge in [-0.3, -0.25) is 18.6 Å². The zero-order valence-corrected chi connectivity index (χ0v) is 37.6. The van der Waals surface area contributed by atoms with Crippen molar-refractivity contribution in [3.05, 3.63) is 109 Å². The summed E-state index contributed by atoms with van der Waals surface area (Å²) in [6.45, 7) is 4.10. The highest BCUT2D eigenvalue weighted by Crippen LogP contribution is 2.43. The van der Waals surface area contributed by atoms with E-state index < -0.39 is 32.5 Å². The van der Waals surface area contributed by atoms with E-state index in [-0.39, 0.29) is 26.1 Å². The molecule has 0 aromatic heterocycles. The van der Waals surface area contributed by atoms with Crippen molar-refractivity contribution in [2.45, 2.75) is 136 Å². The number of unbranched alkanes of at least 4 members (excludes halogenated alkanes) is 5. The number of nitrogens with zero attached hydrogens (tertiary/aromatic N) is 1. The predicted molar refractivity (Wildman–Crippen MR) is 242 cm³/mol. The first-order valence-corrected chi connectivity index (χ1v) is 23.1. The van der Waals surface area contributed by atoms with Gasteiger partial charge in [0.1, 0.15) is 19.8 Å². The first-order chi connectivity index (χ1) is 28.0. The van der Waals surface area contributed by atoms with Gasteiger partial charge in [-0.15, -0.1) is 0 Å². The van der Waals surface area contributed by atoms with Gasteiger partial charge in [0, 0.05) is 12.8 Å². The Hall–Kier alpha value is -3.33. The molecule has 10 heteroatoms. The van der Waals surface area contributed by atoms with Crippen LogP contribution in [0.5, 0.6) is 0 Å². The summed E-state index contributed by atoms with van der Waals surface area (Å²) in [5.41, 5.74) is 0. The molecule has 0 heterocycles. The number of phosphoric ester groups is 1. The van der Waals surface area contributed by atoms with Crippen molar-refractivity contribution < 1.29 is 42.1 Å². The normalized spacial score (nSPS) is 14.7. The quantitative estimate of drug-likeness (QED) is 0.0217. The van der Waals surface area contributed by atoms with E-state index in [1.165, 1.54) is 0 Å². The highest BCUT2D eigenvalue weighted by atomic mass is 31.2. The molecule has 0 aliphatic heterocycles. The van der Waals surface area contributed by atoms with Gasteiger partial charge in [0.05, 0.1) is 27.7 Å². The van der Waals surface area contributed by atoms with Gasteiger partial charge in [0.2, 0.25) is 0 Å². The van der Waals surface area contributed by atoms with Gasteiger partial charge in [-0.2, -0.15) is 0 Å². The number of ether oxygens (including phenoxy) is 2. The molecule has 1 N–H and O–H groups in total. The van der Waals surface area contributed by atoms with Crippen LogP contribution in [0, 0.1) is 0 Å². The van der Waals surface area contributed by atoms with E-state index in [1.54, 1.807) is 0 Å². The van der Waals surface area contributed by atoms with Gasteiger partial charge in [0.15, 0.2) is 6.10 Å². The fourth-order valence-electron chi connectivity index (χ4n) is 4.95. The van der Waals surface area contributed by atoms with Crippen LogP contribution >= 0.6 is 7.82 Å². The number of hydrogen-bond acceptors (Lipinski definition) is 7. The van der Waals surface area contributed by atoms with Crippen molar-refractivity contribution in [1.82, 2.24) is 0 Å². The molecule has 328 valence electrons. The highest BCUT2D eigenvalue weighted by molar-refractivity contribution is 7.47. The molecule has 2 unspecified atom stereocenters. The molecule has 0 aliphatic rings. The molecule has 58 heavy (non-hydrogen) atoms. The maximum Gasteiger partial charge on any atom is 0.472 e. The van der Waals surface area contributed by atoms with Crippen LogP contribution in [-0.4, -0.2) is 74.9 Å². The van der Waals surface area contributed by atoms with Crippen molar-refractivity contribution in [2.75, 3.05) is 47.5 Å². The molecule has 0 rings (SSSR count). The minimum absolute atomic E-state index is 0.0147. The Kier molecular flexibility index (Phi) is 36.9. The van der Waals surface area contributed by atoms with Crippen LogP contribution < -0.4 is 0 Å². The van der Waals surface area contributed by atoms with E-state index in [1.807, 2.05) is 27.2 Å². The Morgan fingerprint density at radius 2 is 0.983 bits per heavy atom. The summed E-state index contributed by atoms with van der Waals surface area (Å²) in [4.78, 5) is 35.0. The minimum Gasteiger partial charge on any atom is -0.462 e. The lowest BCUT2D eigenvalue weighted by Crippen LogP contribution is -2.37. The monoisotopic (exact) mass is 829 g/mol. The summed E-state index contributed by atoms with van der Waals surface area (Å²) in [5.74, 6) is -0.896. The van der Waals surface area contributed by atoms with Crippen LogP contribution in [0.15, 0.2) is 109 Å². The smallest absolute Gasteiger partial charge is 0.462 e. The van der Waals surface area contributed by atoms with Crippen LogP contribution in [0.1, 0.15) is 129 Å². The molecule has 0 fully saturated rings. The van der Waals surface area contributed by atoms with Crippen LogP contribution in [0.3, 0.4) is 0 Å². The molecular formula is C48H79NO8P+. The summed E-state index contributed by atoms with van der Waals surface area (Å²) in [5, 5.41) is 0. The second-order valence-electron chi connectivity index (χ2n) is 15.0. The molecular weight excluding hydrogens is 750 g/mol. The Bertz CT molecular complexity index is 1350. The molecule has 0 saturated heterocycles. The van der Waals surface area contributed by atoms with Crippen molar-refractivity contribution in [3.8, 4) is 0 Å². The second-order valence-corrected chi connectivity index (χ2v) is 16.5. The lowest BCUT2D eigenvalue weighted by Gasteiger charge is -2.24. The average Bonchev–Trinajstić information content (AvgIpc) is 3.17. The number of esters is 2. The summed E-state index contributed by atoms with van der Waals surface area (Å²) < 4.78 is 33.9. The zero-order chi connectivity index (χ0) is 42.8. The van der Waals surface area contributed by atoms with Crippen molar-refractivity contribution in [3.63, 3.8) is 0 Å². The predicted octanol–water partition coefficient (Wildman–Crippen LogP) is 12.3. The Morgan fingerprint density at radius 1 is 0.552 bits per heavy atom. The average molecular weight is 829 g/mol. The molecule has 2 atom stereocenters. The third-order valence-electron chi connectivity index (χ3n) is 8.32. The molecule has 0 spiro atoms. The van der Waals surface area contributed by atoms with Gasteiger partial charge in [0.25, 0.3) is 0 Å². The van der Waals surface area contributed by atoms with Crippen molar-refractivity contribution >= 4 is 19.8 Å². The number of hydrogen-bond donors (Lipinski definition) is 1. The minimum atomic E-state index is -4.39. The zero-order valence-electron chi connectivity index (χ0n) is 36.7. The molecule has 9 nitrogen and oxygen atoms in total. The SMILES string of the molecule is CC/C=C\C/C=C\C/C=C\C/C=C\C/C=C\C/C=C\C/C=C\C/C=C\C/C=C\CCCC(=O)OC(COC(=O)CCCCCCC)COP(=O)(O)OCC[N+](C)(C)C. The van der Waals surface area contributed by atoms with E-state index in [0.29, 0.717) is 23.9 Å². The Morgan fingerprint density at radius 3 is 1.43 bits per heavy atom. The lowest BCUT2D eigenvalue weighted by atomic mass is 10.1. The first-order valence-electron chi connectivity index (χ1n) is 21.6. The lowest BCUT2D eigenvalue weighted by molar-refractivity contribution is -0.870. The van der Waals surface area contributed by atoms with E-state index >= 15 is 0 Å². The standard InChI is InChI=1S/C48H78NO8P/c1-6-8-10-12-13-14-15-16-17-18-19-20-21-22-23-24-25-26-27-28-29-30-31-32-33-34-35-37-39-41-48(51)57-46(44-54-47(50)40-38-36-11-9-7-2)45-56-58(52,53)55-43-42-49(3,4)5/h8,10,13-14,16-17,19-20,22-23,25-26,28-29,31-32,34-35,46H,6-7,9,11-12,15,18,21,24,27,30,33,36-45H2,1-5H3/p+1/b10-8-,14-13-,17-16-,20-19-,23-22-,26-25-,29-28-,32-31-,35-34-. The summed E-state index contributed by atoms with van der Waals surface area (Å²) in [6.07, 6.45) is 53.5. The molecule has 0 amide bonds. The summed E-state index contributed by atoms with van der Waals surface area (Å²) in [7, 11) is 1.42. The molecule has 0 saturated carbocycles. The van der Waals surface area contributed by atoms with E-state index in [4.69, 9.17) is 18.5 Å². The first kappa shape index (κ1) is 54.7. The molecule has 0 radical (unpaired) electrons.